The van der Waals surface area contributed by atoms with Crippen LogP contribution in [0.1, 0.15) is 26.0 Å². The van der Waals surface area contributed by atoms with Crippen molar-refractivity contribution in [2.45, 2.75) is 38.8 Å². The van der Waals surface area contributed by atoms with Crippen molar-refractivity contribution >= 4 is 11.7 Å². The second-order valence-electron chi connectivity index (χ2n) is 4.56. The molecule has 0 spiro atoms. The summed E-state index contributed by atoms with van der Waals surface area (Å²) in [6.07, 6.45) is 4.00. The molecule has 0 radical (unpaired) electrons. The number of nitrogens with zero attached hydrogens (tertiary/aromatic N) is 1. The van der Waals surface area contributed by atoms with E-state index >= 15 is 0 Å². The molecule has 1 rings (SSSR count). The fraction of sp³-hybridized carbons (Fsp3) is 0.615. The topological polar surface area (TPSA) is 113 Å². The molecule has 0 aliphatic heterocycles. The molecule has 7 heteroatoms. The summed E-state index contributed by atoms with van der Waals surface area (Å²) in [5.74, 6) is -0.194. The van der Waals surface area contributed by atoms with Crippen molar-refractivity contribution in [1.82, 2.24) is 20.6 Å². The average molecular weight is 281 g/mol. The van der Waals surface area contributed by atoms with E-state index in [-0.39, 0.29) is 24.3 Å². The summed E-state index contributed by atoms with van der Waals surface area (Å²) < 4.78 is 0. The number of hydrogen-bond donors (Lipinski definition) is 4. The maximum atomic E-state index is 11.9. The highest BCUT2D eigenvalue weighted by Crippen LogP contribution is 1.97. The van der Waals surface area contributed by atoms with Gasteiger partial charge in [-0.3, -0.25) is 9.59 Å². The second kappa shape index (κ2) is 8.44. The molecule has 0 saturated heterocycles. The van der Waals surface area contributed by atoms with E-state index in [1.165, 1.54) is 0 Å². The fourth-order valence-corrected chi connectivity index (χ4v) is 1.85. The number of amides is 1. The van der Waals surface area contributed by atoms with Gasteiger partial charge in [-0.15, -0.1) is 0 Å². The van der Waals surface area contributed by atoms with Crippen molar-refractivity contribution in [3.8, 4) is 0 Å². The Morgan fingerprint density at radius 1 is 1.45 bits per heavy atom. The molecule has 7 nitrogen and oxygen atoms in total. The normalized spacial score (nSPS) is 13.8. The number of nitrogens with one attached hydrogen (secondary N) is 3. The highest BCUT2D eigenvalue weighted by atomic mass is 16.2. The van der Waals surface area contributed by atoms with Gasteiger partial charge in [-0.2, -0.15) is 0 Å². The van der Waals surface area contributed by atoms with Crippen molar-refractivity contribution in [2.24, 2.45) is 5.73 Å². The number of imidazole rings is 1. The van der Waals surface area contributed by atoms with Crippen molar-refractivity contribution in [2.75, 3.05) is 13.1 Å². The highest BCUT2D eigenvalue weighted by molar-refractivity contribution is 5.86. The van der Waals surface area contributed by atoms with Gasteiger partial charge in [-0.25, -0.2) is 4.98 Å². The molecule has 0 saturated carbocycles. The fourth-order valence-electron chi connectivity index (χ4n) is 1.85. The van der Waals surface area contributed by atoms with Crippen molar-refractivity contribution in [1.29, 1.82) is 0 Å². The number of carbonyl (C=O) groups excluding carboxylic acids is 2. The Balaban J connectivity index is 2.42. The molecule has 1 aromatic heterocycles. The Labute approximate surface area is 118 Å². The highest BCUT2D eigenvalue weighted by Gasteiger charge is 2.19. The third kappa shape index (κ3) is 5.10. The molecule has 5 N–H and O–H groups in total. The summed E-state index contributed by atoms with van der Waals surface area (Å²) in [6, 6.07) is -1.01. The number of aromatic nitrogens is 2. The molecule has 1 unspecified atom stereocenters. The van der Waals surface area contributed by atoms with Gasteiger partial charge in [0.1, 0.15) is 0 Å². The molecule has 0 aromatic carbocycles. The summed E-state index contributed by atoms with van der Waals surface area (Å²) in [5.41, 5.74) is 6.62. The minimum atomic E-state index is -0.658. The first kappa shape index (κ1) is 16.3. The number of rotatable bonds is 9. The lowest BCUT2D eigenvalue weighted by Crippen LogP contribution is -2.50. The Morgan fingerprint density at radius 3 is 2.75 bits per heavy atom. The SMILES string of the molecule is CCN[C@@H](CNC(=O)C(N)Cc1cnc[nH]1)C(=O)CC. The molecule has 0 aliphatic rings. The Bertz CT molecular complexity index is 418. The first-order valence-corrected chi connectivity index (χ1v) is 6.85. The number of carbonyl (C=O) groups is 2. The monoisotopic (exact) mass is 281 g/mol. The zero-order chi connectivity index (χ0) is 15.0. The standard InChI is InChI=1S/C13H23N5O2/c1-3-12(19)11(16-4-2)7-17-13(20)10(14)5-9-6-15-8-18-9/h6,8,10-11,16H,3-5,7,14H2,1-2H3,(H,15,18)(H,17,20)/t10?,11-/m0/s1. The molecule has 0 bridgehead atoms. The molecule has 0 fully saturated rings. The van der Waals surface area contributed by atoms with E-state index in [1.807, 2.05) is 6.92 Å². The number of H-pyrrole nitrogens is 1. The molecule has 0 aliphatic carbocycles. The molecular formula is C13H23N5O2. The summed E-state index contributed by atoms with van der Waals surface area (Å²) in [7, 11) is 0. The van der Waals surface area contributed by atoms with Crippen LogP contribution in [0.2, 0.25) is 0 Å². The van der Waals surface area contributed by atoms with Crippen molar-refractivity contribution in [3.05, 3.63) is 18.2 Å². The number of nitrogens with two attached hydrogens (primary N) is 1. The Kier molecular flexibility index (Phi) is 6.89. The van der Waals surface area contributed by atoms with Gasteiger partial charge in [-0.1, -0.05) is 13.8 Å². The third-order valence-electron chi connectivity index (χ3n) is 3.00. The van der Waals surface area contributed by atoms with Crippen LogP contribution >= 0.6 is 0 Å². The molecule has 1 heterocycles. The minimum Gasteiger partial charge on any atom is -0.353 e. The molecular weight excluding hydrogens is 258 g/mol. The Morgan fingerprint density at radius 2 is 2.20 bits per heavy atom. The predicted molar refractivity (Wildman–Crippen MR) is 76.0 cm³/mol. The summed E-state index contributed by atoms with van der Waals surface area (Å²) >= 11 is 0. The maximum absolute atomic E-state index is 11.9. The van der Waals surface area contributed by atoms with Gasteiger partial charge in [-0.05, 0) is 6.54 Å². The van der Waals surface area contributed by atoms with Crippen molar-refractivity contribution < 1.29 is 9.59 Å². The van der Waals surface area contributed by atoms with E-state index in [1.54, 1.807) is 19.4 Å². The van der Waals surface area contributed by atoms with Gasteiger partial charge in [0.2, 0.25) is 5.91 Å². The van der Waals surface area contributed by atoms with Crippen LogP contribution in [0, 0.1) is 0 Å². The van der Waals surface area contributed by atoms with E-state index in [0.29, 0.717) is 19.4 Å². The summed E-state index contributed by atoms with van der Waals surface area (Å²) in [5, 5.41) is 5.77. The van der Waals surface area contributed by atoms with Crippen molar-refractivity contribution in [3.63, 3.8) is 0 Å². The van der Waals surface area contributed by atoms with Crippen LogP contribution < -0.4 is 16.4 Å². The lowest BCUT2D eigenvalue weighted by Gasteiger charge is -2.18. The first-order valence-electron chi connectivity index (χ1n) is 6.85. The van der Waals surface area contributed by atoms with Gasteiger partial charge in [0, 0.05) is 31.3 Å². The van der Waals surface area contributed by atoms with Gasteiger partial charge in [0.15, 0.2) is 5.78 Å². The summed E-state index contributed by atoms with van der Waals surface area (Å²) in [6.45, 7) is 4.66. The molecule has 112 valence electrons. The first-order chi connectivity index (χ1) is 9.58. The Hall–Kier alpha value is -1.73. The van der Waals surface area contributed by atoms with Gasteiger partial charge in [0.25, 0.3) is 0 Å². The molecule has 2 atom stereocenters. The number of ketones is 1. The molecule has 1 amide bonds. The average Bonchev–Trinajstić information content (AvgIpc) is 2.94. The van der Waals surface area contributed by atoms with E-state index in [0.717, 1.165) is 5.69 Å². The van der Waals surface area contributed by atoms with Gasteiger partial charge in [0.05, 0.1) is 18.4 Å². The third-order valence-corrected chi connectivity index (χ3v) is 3.00. The predicted octanol–water partition coefficient (Wildman–Crippen LogP) is -0.647. The second-order valence-corrected chi connectivity index (χ2v) is 4.56. The summed E-state index contributed by atoms with van der Waals surface area (Å²) in [4.78, 5) is 30.3. The van der Waals surface area contributed by atoms with E-state index in [2.05, 4.69) is 20.6 Å². The van der Waals surface area contributed by atoms with E-state index in [9.17, 15) is 9.59 Å². The lowest BCUT2D eigenvalue weighted by molar-refractivity contribution is -0.123. The van der Waals surface area contributed by atoms with Crippen LogP contribution in [-0.2, 0) is 16.0 Å². The zero-order valence-electron chi connectivity index (χ0n) is 12.0. The maximum Gasteiger partial charge on any atom is 0.237 e. The van der Waals surface area contributed by atoms with Gasteiger partial charge < -0.3 is 21.4 Å². The lowest BCUT2D eigenvalue weighted by atomic mass is 10.1. The largest absolute Gasteiger partial charge is 0.353 e. The smallest absolute Gasteiger partial charge is 0.237 e. The van der Waals surface area contributed by atoms with Crippen LogP contribution in [0.5, 0.6) is 0 Å². The van der Waals surface area contributed by atoms with Crippen LogP contribution in [0.15, 0.2) is 12.5 Å². The van der Waals surface area contributed by atoms with Crippen LogP contribution in [0.3, 0.4) is 0 Å². The molecule has 1 aromatic rings. The van der Waals surface area contributed by atoms with Crippen LogP contribution in [-0.4, -0.2) is 46.8 Å². The van der Waals surface area contributed by atoms with Gasteiger partial charge >= 0.3 is 0 Å². The van der Waals surface area contributed by atoms with E-state index < -0.39 is 6.04 Å². The van der Waals surface area contributed by atoms with Crippen LogP contribution in [0.4, 0.5) is 0 Å². The number of aromatic amines is 1. The quantitative estimate of drug-likeness (QED) is 0.480. The van der Waals surface area contributed by atoms with Crippen LogP contribution in [0.25, 0.3) is 0 Å². The van der Waals surface area contributed by atoms with E-state index in [4.69, 9.17) is 5.73 Å². The molecule has 20 heavy (non-hydrogen) atoms. The zero-order valence-corrected chi connectivity index (χ0v) is 12.0. The number of likely N-dealkylation sites (N-methyl/N-ethyl adjacent to an activating group) is 1. The number of Topliss-reactive ketones (excluding diaryl/α,β-unsaturated/α-hetero) is 1. The number of hydrogen-bond acceptors (Lipinski definition) is 5. The minimum absolute atomic E-state index is 0.0780.